The maximum Gasteiger partial charge on any atom is 0.308 e. The standard InChI is InChI=1S/C14H19NO2/c1-10-6-11(2)8-13(7-10)15-5-3-4-12(9-15)14(16)17/h6-8,12H,3-5,9H2,1-2H3,(H,16,17). The fourth-order valence-corrected chi connectivity index (χ4v) is 2.55. The van der Waals surface area contributed by atoms with E-state index < -0.39 is 5.97 Å². The van der Waals surface area contributed by atoms with Crippen LogP contribution in [0, 0.1) is 19.8 Å². The Morgan fingerprint density at radius 2 is 1.94 bits per heavy atom. The fourth-order valence-electron chi connectivity index (χ4n) is 2.55. The molecule has 1 aliphatic rings. The Bertz CT molecular complexity index is 408. The number of rotatable bonds is 2. The van der Waals surface area contributed by atoms with Crippen molar-refractivity contribution in [2.24, 2.45) is 5.92 Å². The third-order valence-electron chi connectivity index (χ3n) is 3.34. The smallest absolute Gasteiger partial charge is 0.308 e. The van der Waals surface area contributed by atoms with E-state index in [0.717, 1.165) is 25.1 Å². The zero-order valence-corrected chi connectivity index (χ0v) is 10.4. The van der Waals surface area contributed by atoms with Crippen molar-refractivity contribution in [1.29, 1.82) is 0 Å². The largest absolute Gasteiger partial charge is 0.481 e. The molecule has 0 bridgehead atoms. The first kappa shape index (κ1) is 12.0. The summed E-state index contributed by atoms with van der Waals surface area (Å²) >= 11 is 0. The first-order valence-electron chi connectivity index (χ1n) is 6.12. The predicted molar refractivity (Wildman–Crippen MR) is 68.5 cm³/mol. The fraction of sp³-hybridized carbons (Fsp3) is 0.500. The maximum atomic E-state index is 11.0. The van der Waals surface area contributed by atoms with Crippen molar-refractivity contribution in [3.63, 3.8) is 0 Å². The summed E-state index contributed by atoms with van der Waals surface area (Å²) in [5, 5.41) is 9.09. The molecule has 1 unspecified atom stereocenters. The van der Waals surface area contributed by atoms with Crippen molar-refractivity contribution in [3.05, 3.63) is 29.3 Å². The van der Waals surface area contributed by atoms with E-state index in [-0.39, 0.29) is 5.92 Å². The number of hydrogen-bond acceptors (Lipinski definition) is 2. The number of aryl methyl sites for hydroxylation is 2. The van der Waals surface area contributed by atoms with E-state index in [4.69, 9.17) is 5.11 Å². The lowest BCUT2D eigenvalue weighted by atomic mass is 9.97. The monoisotopic (exact) mass is 233 g/mol. The molecule has 1 aliphatic heterocycles. The summed E-state index contributed by atoms with van der Waals surface area (Å²) in [7, 11) is 0. The highest BCUT2D eigenvalue weighted by molar-refractivity contribution is 5.71. The Morgan fingerprint density at radius 1 is 1.29 bits per heavy atom. The lowest BCUT2D eigenvalue weighted by molar-refractivity contribution is -0.141. The van der Waals surface area contributed by atoms with E-state index in [1.165, 1.54) is 11.1 Å². The van der Waals surface area contributed by atoms with Gasteiger partial charge in [-0.2, -0.15) is 0 Å². The Kier molecular flexibility index (Phi) is 3.36. The van der Waals surface area contributed by atoms with Crippen molar-refractivity contribution < 1.29 is 9.90 Å². The molecule has 0 saturated carbocycles. The zero-order chi connectivity index (χ0) is 12.4. The van der Waals surface area contributed by atoms with Crippen LogP contribution in [-0.4, -0.2) is 24.2 Å². The minimum Gasteiger partial charge on any atom is -0.481 e. The van der Waals surface area contributed by atoms with Gasteiger partial charge in [0.25, 0.3) is 0 Å². The van der Waals surface area contributed by atoms with Crippen molar-refractivity contribution in [1.82, 2.24) is 0 Å². The van der Waals surface area contributed by atoms with E-state index >= 15 is 0 Å². The first-order valence-corrected chi connectivity index (χ1v) is 6.12. The molecule has 2 rings (SSSR count). The van der Waals surface area contributed by atoms with Crippen LogP contribution in [0.15, 0.2) is 18.2 Å². The number of hydrogen-bond donors (Lipinski definition) is 1. The molecule has 0 amide bonds. The number of benzene rings is 1. The first-order chi connectivity index (χ1) is 8.06. The zero-order valence-electron chi connectivity index (χ0n) is 10.4. The molecular formula is C14H19NO2. The van der Waals surface area contributed by atoms with Crippen LogP contribution in [0.1, 0.15) is 24.0 Å². The third kappa shape index (κ3) is 2.78. The van der Waals surface area contributed by atoms with Gasteiger partial charge in [-0.15, -0.1) is 0 Å². The van der Waals surface area contributed by atoms with Gasteiger partial charge in [-0.3, -0.25) is 4.79 Å². The van der Waals surface area contributed by atoms with E-state index in [1.54, 1.807) is 0 Å². The Labute approximate surface area is 102 Å². The molecular weight excluding hydrogens is 214 g/mol. The molecule has 1 aromatic carbocycles. The molecule has 0 spiro atoms. The van der Waals surface area contributed by atoms with Crippen LogP contribution in [-0.2, 0) is 4.79 Å². The van der Waals surface area contributed by atoms with Gasteiger partial charge in [0, 0.05) is 18.8 Å². The van der Waals surface area contributed by atoms with Crippen LogP contribution in [0.4, 0.5) is 5.69 Å². The predicted octanol–water partition coefficient (Wildman–Crippen LogP) is 2.60. The summed E-state index contributed by atoms with van der Waals surface area (Å²) in [5.41, 5.74) is 3.63. The molecule has 3 nitrogen and oxygen atoms in total. The minimum absolute atomic E-state index is 0.218. The summed E-state index contributed by atoms with van der Waals surface area (Å²) in [4.78, 5) is 13.2. The Hall–Kier alpha value is -1.51. The second kappa shape index (κ2) is 4.78. The Morgan fingerprint density at radius 3 is 2.53 bits per heavy atom. The normalized spacial score (nSPS) is 20.4. The van der Waals surface area contributed by atoms with Gasteiger partial charge in [0.1, 0.15) is 0 Å². The van der Waals surface area contributed by atoms with E-state index in [9.17, 15) is 4.79 Å². The highest BCUT2D eigenvalue weighted by Gasteiger charge is 2.25. The van der Waals surface area contributed by atoms with Crippen molar-refractivity contribution in [3.8, 4) is 0 Å². The van der Waals surface area contributed by atoms with Crippen LogP contribution >= 0.6 is 0 Å². The number of carboxylic acid groups (broad SMARTS) is 1. The van der Waals surface area contributed by atoms with E-state index in [2.05, 4.69) is 36.9 Å². The quantitative estimate of drug-likeness (QED) is 0.853. The van der Waals surface area contributed by atoms with Gasteiger partial charge in [0.05, 0.1) is 5.92 Å². The van der Waals surface area contributed by atoms with Gasteiger partial charge in [-0.25, -0.2) is 0 Å². The Balaban J connectivity index is 2.18. The van der Waals surface area contributed by atoms with Gasteiger partial charge in [-0.05, 0) is 49.9 Å². The summed E-state index contributed by atoms with van der Waals surface area (Å²) in [6.07, 6.45) is 1.76. The molecule has 1 N–H and O–H groups in total. The number of anilines is 1. The van der Waals surface area contributed by atoms with Gasteiger partial charge in [0.15, 0.2) is 0 Å². The molecule has 92 valence electrons. The lowest BCUT2D eigenvalue weighted by Crippen LogP contribution is -2.38. The highest BCUT2D eigenvalue weighted by atomic mass is 16.4. The molecule has 1 saturated heterocycles. The summed E-state index contributed by atoms with van der Waals surface area (Å²) in [6, 6.07) is 6.41. The van der Waals surface area contributed by atoms with Gasteiger partial charge >= 0.3 is 5.97 Å². The number of carboxylic acids is 1. The summed E-state index contributed by atoms with van der Waals surface area (Å²) in [5.74, 6) is -0.886. The average Bonchev–Trinajstić information content (AvgIpc) is 2.28. The van der Waals surface area contributed by atoms with Crippen molar-refractivity contribution in [2.75, 3.05) is 18.0 Å². The summed E-state index contributed by atoms with van der Waals surface area (Å²) in [6.45, 7) is 5.76. The lowest BCUT2D eigenvalue weighted by Gasteiger charge is -2.33. The van der Waals surface area contributed by atoms with Crippen molar-refractivity contribution in [2.45, 2.75) is 26.7 Å². The molecule has 17 heavy (non-hydrogen) atoms. The molecule has 3 heteroatoms. The molecule has 0 aromatic heterocycles. The summed E-state index contributed by atoms with van der Waals surface area (Å²) < 4.78 is 0. The van der Waals surface area contributed by atoms with Gasteiger partial charge in [0.2, 0.25) is 0 Å². The average molecular weight is 233 g/mol. The molecule has 1 atom stereocenters. The topological polar surface area (TPSA) is 40.5 Å². The molecule has 0 aliphatic carbocycles. The van der Waals surface area contributed by atoms with Crippen LogP contribution in [0.3, 0.4) is 0 Å². The maximum absolute atomic E-state index is 11.0. The minimum atomic E-state index is -0.668. The van der Waals surface area contributed by atoms with Gasteiger partial charge < -0.3 is 10.0 Å². The SMILES string of the molecule is Cc1cc(C)cc(N2CCCC(C(=O)O)C2)c1. The molecule has 1 heterocycles. The second-order valence-electron chi connectivity index (χ2n) is 4.97. The van der Waals surface area contributed by atoms with Crippen LogP contribution in [0.2, 0.25) is 0 Å². The number of nitrogens with zero attached hydrogens (tertiary/aromatic N) is 1. The van der Waals surface area contributed by atoms with E-state index in [0.29, 0.717) is 6.54 Å². The number of aliphatic carboxylic acids is 1. The number of carbonyl (C=O) groups is 1. The van der Waals surface area contributed by atoms with E-state index in [1.807, 2.05) is 0 Å². The third-order valence-corrected chi connectivity index (χ3v) is 3.34. The molecule has 0 radical (unpaired) electrons. The highest BCUT2D eigenvalue weighted by Crippen LogP contribution is 2.25. The van der Waals surface area contributed by atoms with Crippen LogP contribution < -0.4 is 4.90 Å². The molecule has 1 fully saturated rings. The van der Waals surface area contributed by atoms with Crippen LogP contribution in [0.5, 0.6) is 0 Å². The number of piperidine rings is 1. The van der Waals surface area contributed by atoms with Crippen molar-refractivity contribution >= 4 is 11.7 Å². The van der Waals surface area contributed by atoms with Gasteiger partial charge in [-0.1, -0.05) is 6.07 Å². The second-order valence-corrected chi connectivity index (χ2v) is 4.97. The van der Waals surface area contributed by atoms with Crippen LogP contribution in [0.25, 0.3) is 0 Å². The molecule has 1 aromatic rings.